The molecule has 3 rings (SSSR count). The van der Waals surface area contributed by atoms with E-state index in [2.05, 4.69) is 12.2 Å². The van der Waals surface area contributed by atoms with Crippen molar-refractivity contribution in [3.63, 3.8) is 0 Å². The zero-order valence-corrected chi connectivity index (χ0v) is 19.1. The maximum absolute atomic E-state index is 12.9. The fraction of sp³-hybridized carbons (Fsp3) is 0.240. The monoisotopic (exact) mass is 452 g/mol. The molecule has 0 heterocycles. The Morgan fingerprint density at radius 1 is 0.906 bits per heavy atom. The normalized spacial score (nSPS) is 11.1. The Morgan fingerprint density at radius 2 is 1.56 bits per heavy atom. The summed E-state index contributed by atoms with van der Waals surface area (Å²) in [6, 6.07) is 22.1. The Hall–Kier alpha value is -3.32. The van der Waals surface area contributed by atoms with E-state index in [4.69, 9.17) is 4.74 Å². The van der Waals surface area contributed by atoms with Crippen LogP contribution in [-0.4, -0.2) is 28.0 Å². The molecule has 6 nitrogen and oxygen atoms in total. The van der Waals surface area contributed by atoms with E-state index in [1.807, 2.05) is 12.1 Å². The van der Waals surface area contributed by atoms with E-state index in [-0.39, 0.29) is 10.8 Å². The van der Waals surface area contributed by atoms with Crippen molar-refractivity contribution in [1.82, 2.24) is 0 Å². The summed E-state index contributed by atoms with van der Waals surface area (Å²) in [7, 11) is -2.20. The molecular formula is C25H28N2O4S. The fourth-order valence-electron chi connectivity index (χ4n) is 3.16. The third-order valence-corrected chi connectivity index (χ3v) is 6.83. The SMILES string of the molecule is CCCCCOc1ccccc1C(=O)Nc1ccc(S(=O)(=O)N(C)c2ccccc2)cc1. The largest absolute Gasteiger partial charge is 0.493 e. The highest BCUT2D eigenvalue weighted by Gasteiger charge is 2.21. The van der Waals surface area contributed by atoms with Gasteiger partial charge in [-0.1, -0.05) is 50.1 Å². The fourth-order valence-corrected chi connectivity index (χ4v) is 4.35. The van der Waals surface area contributed by atoms with Crippen LogP contribution in [0, 0.1) is 0 Å². The highest BCUT2D eigenvalue weighted by molar-refractivity contribution is 7.92. The van der Waals surface area contributed by atoms with Crippen LogP contribution in [0.4, 0.5) is 11.4 Å². The number of anilines is 2. The van der Waals surface area contributed by atoms with Gasteiger partial charge in [-0.25, -0.2) is 8.42 Å². The minimum atomic E-state index is -3.71. The summed E-state index contributed by atoms with van der Waals surface area (Å²) >= 11 is 0. The lowest BCUT2D eigenvalue weighted by Gasteiger charge is -2.19. The molecule has 0 aliphatic rings. The minimum Gasteiger partial charge on any atom is -0.493 e. The van der Waals surface area contributed by atoms with Gasteiger partial charge in [0.05, 0.1) is 22.8 Å². The van der Waals surface area contributed by atoms with Crippen molar-refractivity contribution < 1.29 is 17.9 Å². The molecule has 32 heavy (non-hydrogen) atoms. The van der Waals surface area contributed by atoms with Crippen molar-refractivity contribution in [2.24, 2.45) is 0 Å². The Morgan fingerprint density at radius 3 is 2.25 bits per heavy atom. The third-order valence-electron chi connectivity index (χ3n) is 5.03. The summed E-state index contributed by atoms with van der Waals surface area (Å²) in [5, 5.41) is 2.81. The smallest absolute Gasteiger partial charge is 0.264 e. The molecule has 0 aliphatic carbocycles. The average Bonchev–Trinajstić information content (AvgIpc) is 2.82. The van der Waals surface area contributed by atoms with Crippen LogP contribution in [0.5, 0.6) is 5.75 Å². The maximum atomic E-state index is 12.9. The van der Waals surface area contributed by atoms with E-state index >= 15 is 0 Å². The topological polar surface area (TPSA) is 75.7 Å². The zero-order valence-electron chi connectivity index (χ0n) is 18.3. The summed E-state index contributed by atoms with van der Waals surface area (Å²) in [5.74, 6) is 0.220. The van der Waals surface area contributed by atoms with E-state index < -0.39 is 10.0 Å². The number of nitrogens with zero attached hydrogens (tertiary/aromatic N) is 1. The Bertz CT molecular complexity index is 1130. The van der Waals surface area contributed by atoms with Gasteiger partial charge in [0.2, 0.25) is 0 Å². The van der Waals surface area contributed by atoms with Crippen LogP contribution in [0.3, 0.4) is 0 Å². The molecule has 0 fully saturated rings. The number of unbranched alkanes of at least 4 members (excludes halogenated alkanes) is 2. The van der Waals surface area contributed by atoms with E-state index in [1.165, 1.54) is 23.5 Å². The van der Waals surface area contributed by atoms with Crippen LogP contribution in [-0.2, 0) is 10.0 Å². The number of hydrogen-bond acceptors (Lipinski definition) is 4. The molecule has 1 amide bonds. The predicted octanol–water partition coefficient (Wildman–Crippen LogP) is 5.33. The van der Waals surface area contributed by atoms with E-state index in [1.54, 1.807) is 54.6 Å². The Labute approximate surface area is 189 Å². The Balaban J connectivity index is 1.70. The number of nitrogens with one attached hydrogen (secondary N) is 1. The van der Waals surface area contributed by atoms with Gasteiger partial charge in [-0.05, 0) is 55.0 Å². The standard InChI is InChI=1S/C25H28N2O4S/c1-3-4-10-19-31-24-14-9-8-13-23(24)25(28)26-20-15-17-22(18-16-20)32(29,30)27(2)21-11-6-5-7-12-21/h5-9,11-18H,3-4,10,19H2,1-2H3,(H,26,28). The molecule has 0 aromatic heterocycles. The first kappa shape index (κ1) is 23.3. The van der Waals surface area contributed by atoms with Crippen LogP contribution < -0.4 is 14.4 Å². The number of carbonyl (C=O) groups is 1. The van der Waals surface area contributed by atoms with Crippen molar-refractivity contribution in [3.8, 4) is 5.75 Å². The number of carbonyl (C=O) groups excluding carboxylic acids is 1. The molecule has 0 atom stereocenters. The molecule has 168 valence electrons. The molecular weight excluding hydrogens is 424 g/mol. The lowest BCUT2D eigenvalue weighted by Crippen LogP contribution is -2.26. The van der Waals surface area contributed by atoms with Gasteiger partial charge in [0.1, 0.15) is 5.75 Å². The van der Waals surface area contributed by atoms with Crippen LogP contribution in [0.2, 0.25) is 0 Å². The zero-order chi connectivity index (χ0) is 23.0. The van der Waals surface area contributed by atoms with Crippen molar-refractivity contribution in [2.75, 3.05) is 23.3 Å². The molecule has 0 unspecified atom stereocenters. The van der Waals surface area contributed by atoms with Gasteiger partial charge >= 0.3 is 0 Å². The van der Waals surface area contributed by atoms with Crippen LogP contribution in [0.1, 0.15) is 36.5 Å². The number of ether oxygens (including phenoxy) is 1. The molecule has 0 aliphatic heterocycles. The van der Waals surface area contributed by atoms with Gasteiger partial charge in [-0.15, -0.1) is 0 Å². The predicted molar refractivity (Wildman–Crippen MR) is 128 cm³/mol. The van der Waals surface area contributed by atoms with E-state index in [0.29, 0.717) is 29.3 Å². The van der Waals surface area contributed by atoms with Crippen molar-refractivity contribution in [1.29, 1.82) is 0 Å². The minimum absolute atomic E-state index is 0.140. The lowest BCUT2D eigenvalue weighted by molar-refractivity contribution is 0.102. The molecule has 0 spiro atoms. The van der Waals surface area contributed by atoms with Crippen LogP contribution in [0.15, 0.2) is 83.8 Å². The molecule has 3 aromatic carbocycles. The Kier molecular flexibility index (Phi) is 7.89. The van der Waals surface area contributed by atoms with E-state index in [9.17, 15) is 13.2 Å². The molecule has 0 saturated heterocycles. The maximum Gasteiger partial charge on any atom is 0.264 e. The average molecular weight is 453 g/mol. The number of sulfonamides is 1. The third kappa shape index (κ3) is 5.68. The summed E-state index contributed by atoms with van der Waals surface area (Å²) in [6.45, 7) is 2.68. The highest BCUT2D eigenvalue weighted by Crippen LogP contribution is 2.24. The number of para-hydroxylation sites is 2. The summed E-state index contributed by atoms with van der Waals surface area (Å²) in [6.07, 6.45) is 3.10. The second-order valence-corrected chi connectivity index (χ2v) is 9.31. The molecule has 3 aromatic rings. The van der Waals surface area contributed by atoms with Gasteiger partial charge in [0.25, 0.3) is 15.9 Å². The van der Waals surface area contributed by atoms with Gasteiger partial charge in [-0.2, -0.15) is 0 Å². The van der Waals surface area contributed by atoms with Crippen LogP contribution >= 0.6 is 0 Å². The summed E-state index contributed by atoms with van der Waals surface area (Å²) in [4.78, 5) is 12.9. The lowest BCUT2D eigenvalue weighted by atomic mass is 10.2. The highest BCUT2D eigenvalue weighted by atomic mass is 32.2. The van der Waals surface area contributed by atoms with Gasteiger partial charge < -0.3 is 10.1 Å². The van der Waals surface area contributed by atoms with Crippen molar-refractivity contribution >= 4 is 27.3 Å². The molecule has 7 heteroatoms. The second kappa shape index (κ2) is 10.8. The van der Waals surface area contributed by atoms with Gasteiger partial charge in [-0.3, -0.25) is 9.10 Å². The second-order valence-electron chi connectivity index (χ2n) is 7.34. The molecule has 0 bridgehead atoms. The van der Waals surface area contributed by atoms with Gasteiger partial charge in [0, 0.05) is 12.7 Å². The van der Waals surface area contributed by atoms with Crippen molar-refractivity contribution in [3.05, 3.63) is 84.4 Å². The first-order chi connectivity index (χ1) is 15.4. The first-order valence-corrected chi connectivity index (χ1v) is 12.0. The number of hydrogen-bond donors (Lipinski definition) is 1. The molecule has 1 N–H and O–H groups in total. The summed E-state index contributed by atoms with van der Waals surface area (Å²) < 4.78 is 32.8. The quantitative estimate of drug-likeness (QED) is 0.422. The molecule has 0 radical (unpaired) electrons. The van der Waals surface area contributed by atoms with Gasteiger partial charge in [0.15, 0.2) is 0 Å². The van der Waals surface area contributed by atoms with Crippen LogP contribution in [0.25, 0.3) is 0 Å². The first-order valence-electron chi connectivity index (χ1n) is 10.6. The number of benzene rings is 3. The number of rotatable bonds is 10. The number of amides is 1. The summed E-state index contributed by atoms with van der Waals surface area (Å²) in [5.41, 5.74) is 1.50. The van der Waals surface area contributed by atoms with E-state index in [0.717, 1.165) is 19.3 Å². The molecule has 0 saturated carbocycles. The van der Waals surface area contributed by atoms with Crippen molar-refractivity contribution in [2.45, 2.75) is 31.1 Å².